The van der Waals surface area contributed by atoms with E-state index in [-0.39, 0.29) is 18.2 Å². The van der Waals surface area contributed by atoms with Gasteiger partial charge in [0.2, 0.25) is 0 Å². The SMILES string of the molecule is Fc1c(F)c(F)c(B(c2cc(C(F)(F)F)cc(C(F)(F)F)c2)c2c(Cl)c(Cl)c(Cl)c(Cl)c2Cl)c(F)c1F. The molecule has 0 saturated carbocycles. The fourth-order valence-corrected chi connectivity index (χ4v) is 4.75. The molecule has 0 aromatic heterocycles. The van der Waals surface area contributed by atoms with Crippen LogP contribution in [0.4, 0.5) is 48.3 Å². The Morgan fingerprint density at radius 2 is 0.784 bits per heavy atom. The zero-order valence-electron chi connectivity index (χ0n) is 16.9. The molecule has 0 amide bonds. The number of hydrogen-bond donors (Lipinski definition) is 0. The van der Waals surface area contributed by atoms with Crippen molar-refractivity contribution >= 4 is 81.1 Å². The largest absolute Gasteiger partial charge is 0.416 e. The zero-order valence-corrected chi connectivity index (χ0v) is 20.6. The average molecular weight is 640 g/mol. The number of rotatable bonds is 3. The molecule has 0 fully saturated rings. The van der Waals surface area contributed by atoms with Gasteiger partial charge < -0.3 is 0 Å². The molecule has 0 heterocycles. The van der Waals surface area contributed by atoms with Crippen LogP contribution in [0.1, 0.15) is 11.1 Å². The third-order valence-corrected chi connectivity index (χ3v) is 7.31. The highest BCUT2D eigenvalue weighted by Gasteiger charge is 2.42. The first kappa shape index (κ1) is 30.0. The van der Waals surface area contributed by atoms with Gasteiger partial charge >= 0.3 is 12.4 Å². The third kappa shape index (κ3) is 5.32. The molecule has 0 spiro atoms. The molecule has 3 aromatic carbocycles. The second-order valence-corrected chi connectivity index (χ2v) is 9.13. The summed E-state index contributed by atoms with van der Waals surface area (Å²) in [5.41, 5.74) is -8.11. The molecule has 3 rings (SSSR count). The highest BCUT2D eigenvalue weighted by molar-refractivity contribution is 6.98. The van der Waals surface area contributed by atoms with Gasteiger partial charge in [0.1, 0.15) is 0 Å². The maximum atomic E-state index is 14.9. The van der Waals surface area contributed by atoms with Gasteiger partial charge in [-0.1, -0.05) is 75.6 Å². The van der Waals surface area contributed by atoms with E-state index in [9.17, 15) is 48.3 Å². The minimum absolute atomic E-state index is 0.0129. The predicted molar refractivity (Wildman–Crippen MR) is 119 cm³/mol. The average Bonchev–Trinajstić information content (AvgIpc) is 2.81. The molecule has 0 atom stereocenters. The molecule has 17 heteroatoms. The maximum Gasteiger partial charge on any atom is 0.416 e. The van der Waals surface area contributed by atoms with Gasteiger partial charge in [-0.25, -0.2) is 22.0 Å². The molecule has 37 heavy (non-hydrogen) atoms. The summed E-state index contributed by atoms with van der Waals surface area (Å²) in [6.07, 6.45) is -10.9. The van der Waals surface area contributed by atoms with E-state index in [1.807, 2.05) is 0 Å². The van der Waals surface area contributed by atoms with E-state index in [1.54, 1.807) is 0 Å². The molecule has 0 radical (unpaired) electrons. The van der Waals surface area contributed by atoms with E-state index in [0.717, 1.165) is 0 Å². The monoisotopic (exact) mass is 638 g/mol. The fraction of sp³-hybridized carbons (Fsp3) is 0.100. The smallest absolute Gasteiger partial charge is 0.204 e. The molecule has 0 aliphatic heterocycles. The van der Waals surface area contributed by atoms with Crippen molar-refractivity contribution < 1.29 is 48.3 Å². The van der Waals surface area contributed by atoms with Crippen molar-refractivity contribution in [1.29, 1.82) is 0 Å². The molecule has 0 aliphatic carbocycles. The summed E-state index contributed by atoms with van der Waals surface area (Å²) in [4.78, 5) is 0. The lowest BCUT2D eigenvalue weighted by atomic mass is 9.36. The first-order chi connectivity index (χ1) is 16.8. The Hall–Kier alpha value is -1.60. The van der Waals surface area contributed by atoms with Gasteiger partial charge in [0.25, 0.3) is 6.71 Å². The van der Waals surface area contributed by atoms with E-state index in [4.69, 9.17) is 58.0 Å². The van der Waals surface area contributed by atoms with E-state index in [2.05, 4.69) is 0 Å². The minimum atomic E-state index is -5.46. The molecule has 0 saturated heterocycles. The van der Waals surface area contributed by atoms with E-state index < -0.39 is 101 Å². The fourth-order valence-electron chi connectivity index (χ4n) is 3.37. The molecule has 0 aliphatic rings. The number of hydrogen-bond acceptors (Lipinski definition) is 0. The molecule has 0 N–H and O–H groups in total. The summed E-state index contributed by atoms with van der Waals surface area (Å²) < 4.78 is 153. The Kier molecular flexibility index (Phi) is 8.24. The van der Waals surface area contributed by atoms with Crippen molar-refractivity contribution in [2.75, 3.05) is 0 Å². The van der Waals surface area contributed by atoms with Gasteiger partial charge in [-0.3, -0.25) is 0 Å². The Labute approximate surface area is 224 Å². The Morgan fingerprint density at radius 3 is 1.14 bits per heavy atom. The molecule has 0 unspecified atom stereocenters. The molecular weight excluding hydrogens is 637 g/mol. The van der Waals surface area contributed by atoms with E-state index >= 15 is 0 Å². The van der Waals surface area contributed by atoms with Crippen LogP contribution in [0.5, 0.6) is 0 Å². The van der Waals surface area contributed by atoms with Gasteiger partial charge in [-0.15, -0.1) is 0 Å². The summed E-state index contributed by atoms with van der Waals surface area (Å²) in [7, 11) is 0. The molecular formula is C20H3BCl5F11. The second-order valence-electron chi connectivity index (χ2n) is 7.24. The predicted octanol–water partition coefficient (Wildman–Crippen LogP) is 8.20. The summed E-state index contributed by atoms with van der Waals surface area (Å²) >= 11 is 29.7. The Balaban J connectivity index is 2.63. The van der Waals surface area contributed by atoms with Crippen molar-refractivity contribution in [3.8, 4) is 0 Å². The molecule has 198 valence electrons. The van der Waals surface area contributed by atoms with E-state index in [0.29, 0.717) is 0 Å². The van der Waals surface area contributed by atoms with Gasteiger partial charge in [-0.05, 0) is 11.5 Å². The van der Waals surface area contributed by atoms with Crippen LogP contribution in [0.3, 0.4) is 0 Å². The number of halogens is 16. The molecule has 3 aromatic rings. The van der Waals surface area contributed by atoms with Crippen LogP contribution >= 0.6 is 58.0 Å². The van der Waals surface area contributed by atoms with Gasteiger partial charge in [0.15, 0.2) is 29.1 Å². The standard InChI is InChI=1S/C20H3BCl5F11/c22-9-7(10(23)12(25)13(26)11(9)24)21(8-14(27)16(29)18(31)17(30)15(8)28)6-2-4(19(32,33)34)1-5(3-6)20(35,36)37/h1-3H. The van der Waals surface area contributed by atoms with E-state index in [1.165, 1.54) is 0 Å². The van der Waals surface area contributed by atoms with Gasteiger partial charge in [0.05, 0.1) is 36.2 Å². The first-order valence-electron chi connectivity index (χ1n) is 9.12. The van der Waals surface area contributed by atoms with Crippen molar-refractivity contribution in [2.45, 2.75) is 12.4 Å². The molecule has 0 bridgehead atoms. The van der Waals surface area contributed by atoms with Gasteiger partial charge in [-0.2, -0.15) is 26.3 Å². The van der Waals surface area contributed by atoms with Crippen LogP contribution in [0.15, 0.2) is 18.2 Å². The topological polar surface area (TPSA) is 0 Å². The van der Waals surface area contributed by atoms with Crippen molar-refractivity contribution in [3.63, 3.8) is 0 Å². The highest BCUT2D eigenvalue weighted by atomic mass is 35.5. The van der Waals surface area contributed by atoms with Crippen LogP contribution < -0.4 is 16.4 Å². The van der Waals surface area contributed by atoms with Crippen molar-refractivity contribution in [2.24, 2.45) is 0 Å². The van der Waals surface area contributed by atoms with Crippen LogP contribution in [-0.2, 0) is 12.4 Å². The summed E-state index contributed by atoms with van der Waals surface area (Å²) in [5.74, 6) is -13.0. The Morgan fingerprint density at radius 1 is 0.459 bits per heavy atom. The highest BCUT2D eigenvalue weighted by Crippen LogP contribution is 2.40. The first-order valence-corrected chi connectivity index (χ1v) is 11.0. The molecule has 0 nitrogen and oxygen atoms in total. The van der Waals surface area contributed by atoms with Crippen LogP contribution in [0.2, 0.25) is 25.1 Å². The van der Waals surface area contributed by atoms with Gasteiger partial charge in [0, 0.05) is 5.46 Å². The number of benzene rings is 3. The lowest BCUT2D eigenvalue weighted by Gasteiger charge is -2.23. The zero-order chi connectivity index (χ0) is 28.4. The summed E-state index contributed by atoms with van der Waals surface area (Å²) in [6.45, 7) is -2.69. The lowest BCUT2D eigenvalue weighted by Crippen LogP contribution is -2.56. The quantitative estimate of drug-likeness (QED) is 0.117. The number of alkyl halides is 6. The summed E-state index contributed by atoms with van der Waals surface area (Å²) in [5, 5.41) is -3.85. The second kappa shape index (κ2) is 10.2. The summed E-state index contributed by atoms with van der Waals surface area (Å²) in [6, 6.07) is -0.355. The van der Waals surface area contributed by atoms with Crippen LogP contribution in [0, 0.1) is 29.1 Å². The Bertz CT molecular complexity index is 1260. The van der Waals surface area contributed by atoms with Crippen LogP contribution in [0.25, 0.3) is 0 Å². The minimum Gasteiger partial charge on any atom is -0.204 e. The van der Waals surface area contributed by atoms with Crippen molar-refractivity contribution in [1.82, 2.24) is 0 Å². The van der Waals surface area contributed by atoms with Crippen molar-refractivity contribution in [3.05, 3.63) is 83.5 Å². The third-order valence-electron chi connectivity index (χ3n) is 5.01. The van der Waals surface area contributed by atoms with Crippen LogP contribution in [-0.4, -0.2) is 6.71 Å². The maximum absolute atomic E-state index is 14.9. The lowest BCUT2D eigenvalue weighted by molar-refractivity contribution is -0.142. The normalized spacial score (nSPS) is 12.3.